The van der Waals surface area contributed by atoms with Gasteiger partial charge in [0.25, 0.3) is 0 Å². The Morgan fingerprint density at radius 2 is 1.70 bits per heavy atom. The molecule has 238 valence electrons. The summed E-state index contributed by atoms with van der Waals surface area (Å²) in [6, 6.07) is 16.2. The Balaban J connectivity index is 0.000000169. The number of amides is 1. The SMILES string of the molecule is CC1(O)c2cc(B3OC(C)(C)C(C)(C)O3)ccc2-c2ccc(-c3cnc[nH]3)cc21.O=C(NCc1cccnc1)C1CC2CCC1C2. The fourth-order valence-electron chi connectivity index (χ4n) is 7.62. The van der Waals surface area contributed by atoms with Crippen molar-refractivity contribution in [2.24, 2.45) is 17.8 Å². The summed E-state index contributed by atoms with van der Waals surface area (Å²) in [6.45, 7) is 10.6. The molecule has 3 heterocycles. The van der Waals surface area contributed by atoms with Crippen LogP contribution >= 0.6 is 0 Å². The zero-order chi connectivity index (χ0) is 32.3. The molecule has 2 aromatic heterocycles. The molecule has 0 radical (unpaired) electrons. The minimum atomic E-state index is -1.10. The average Bonchev–Trinajstić information content (AvgIpc) is 3.87. The number of pyridine rings is 1. The smallest absolute Gasteiger partial charge is 0.399 e. The summed E-state index contributed by atoms with van der Waals surface area (Å²) < 4.78 is 12.4. The minimum absolute atomic E-state index is 0.251. The molecule has 2 bridgehead atoms. The van der Waals surface area contributed by atoms with Crippen molar-refractivity contribution in [2.45, 2.75) is 83.6 Å². The molecule has 4 atom stereocenters. The first-order chi connectivity index (χ1) is 21.9. The number of aliphatic hydroxyl groups is 1. The van der Waals surface area contributed by atoms with Crippen LogP contribution in [-0.4, -0.2) is 44.3 Å². The summed E-state index contributed by atoms with van der Waals surface area (Å²) >= 11 is 0. The van der Waals surface area contributed by atoms with Crippen LogP contribution in [0, 0.1) is 17.8 Å². The molecular weight excluding hydrogens is 575 g/mol. The molecule has 46 heavy (non-hydrogen) atoms. The van der Waals surface area contributed by atoms with E-state index in [-0.39, 0.29) is 11.8 Å². The second-order valence-electron chi connectivity index (χ2n) is 14.6. The number of carbonyl (C=O) groups excluding carboxylic acids is 1. The molecule has 2 saturated carbocycles. The molecule has 3 aliphatic carbocycles. The molecule has 0 spiro atoms. The van der Waals surface area contributed by atoms with Gasteiger partial charge in [-0.3, -0.25) is 9.78 Å². The average molecular weight is 619 g/mol. The predicted octanol–water partition coefficient (Wildman–Crippen LogP) is 5.75. The van der Waals surface area contributed by atoms with Crippen LogP contribution in [0.2, 0.25) is 0 Å². The molecule has 1 amide bonds. The summed E-state index contributed by atoms with van der Waals surface area (Å²) in [5.74, 6) is 2.02. The van der Waals surface area contributed by atoms with Gasteiger partial charge in [0.05, 0.1) is 29.4 Å². The number of hydrogen-bond donors (Lipinski definition) is 3. The van der Waals surface area contributed by atoms with Crippen LogP contribution in [0.3, 0.4) is 0 Å². The normalized spacial score (nSPS) is 26.3. The first-order valence-corrected chi connectivity index (χ1v) is 16.5. The lowest BCUT2D eigenvalue weighted by atomic mass is 9.76. The van der Waals surface area contributed by atoms with E-state index < -0.39 is 23.9 Å². The lowest BCUT2D eigenvalue weighted by molar-refractivity contribution is -0.126. The van der Waals surface area contributed by atoms with Gasteiger partial charge in [-0.25, -0.2) is 4.98 Å². The molecule has 8 nitrogen and oxygen atoms in total. The highest BCUT2D eigenvalue weighted by Crippen LogP contribution is 2.49. The molecule has 1 aliphatic heterocycles. The number of H-pyrrole nitrogens is 1. The molecule has 3 N–H and O–H groups in total. The minimum Gasteiger partial charge on any atom is -0.399 e. The van der Waals surface area contributed by atoms with Crippen molar-refractivity contribution in [3.63, 3.8) is 0 Å². The van der Waals surface area contributed by atoms with Gasteiger partial charge in [0.15, 0.2) is 0 Å². The monoisotopic (exact) mass is 618 g/mol. The Morgan fingerprint density at radius 3 is 2.33 bits per heavy atom. The standard InChI is InChI=1S/C23H25BN2O3.C14H18N2O/c1-21(2)22(3,4)29-24(28-21)15-7-9-17-16-8-6-14(20-12-25-13-26-20)10-18(16)23(5,27)19(17)11-15;17-14(13-7-10-3-4-12(13)6-10)16-9-11-2-1-5-15-8-11/h6-13,27H,1-5H3,(H,25,26);1-2,5,8,10,12-13H,3-4,6-7,9H2,(H,16,17). The number of nitrogens with zero attached hydrogens (tertiary/aromatic N) is 2. The van der Waals surface area contributed by atoms with Crippen LogP contribution in [-0.2, 0) is 26.2 Å². The number of rotatable bonds is 5. The molecule has 8 rings (SSSR count). The van der Waals surface area contributed by atoms with Gasteiger partial charge in [0, 0.05) is 24.9 Å². The lowest BCUT2D eigenvalue weighted by Crippen LogP contribution is -2.41. The van der Waals surface area contributed by atoms with Crippen LogP contribution < -0.4 is 10.8 Å². The first-order valence-electron chi connectivity index (χ1n) is 16.5. The van der Waals surface area contributed by atoms with E-state index >= 15 is 0 Å². The second-order valence-corrected chi connectivity index (χ2v) is 14.6. The fourth-order valence-corrected chi connectivity index (χ4v) is 7.62. The summed E-state index contributed by atoms with van der Waals surface area (Å²) in [7, 11) is -0.453. The number of aromatic amines is 1. The number of aromatic nitrogens is 3. The van der Waals surface area contributed by atoms with E-state index in [9.17, 15) is 9.90 Å². The van der Waals surface area contributed by atoms with Crippen molar-refractivity contribution in [2.75, 3.05) is 0 Å². The van der Waals surface area contributed by atoms with Crippen molar-refractivity contribution >= 4 is 18.5 Å². The van der Waals surface area contributed by atoms with Gasteiger partial charge < -0.3 is 24.7 Å². The maximum Gasteiger partial charge on any atom is 0.494 e. The molecule has 1 saturated heterocycles. The van der Waals surface area contributed by atoms with E-state index in [2.05, 4.69) is 38.5 Å². The Hall–Kier alpha value is -3.79. The van der Waals surface area contributed by atoms with E-state index in [4.69, 9.17) is 9.31 Å². The quantitative estimate of drug-likeness (QED) is 0.246. The number of benzene rings is 2. The van der Waals surface area contributed by atoms with Crippen LogP contribution in [0.25, 0.3) is 22.4 Å². The predicted molar refractivity (Wildman–Crippen MR) is 179 cm³/mol. The largest absolute Gasteiger partial charge is 0.494 e. The first kappa shape index (κ1) is 30.8. The van der Waals surface area contributed by atoms with E-state index in [0.717, 1.165) is 56.9 Å². The fraction of sp³-hybridized carbons (Fsp3) is 0.432. The van der Waals surface area contributed by atoms with E-state index in [1.165, 1.54) is 19.3 Å². The van der Waals surface area contributed by atoms with E-state index in [1.54, 1.807) is 24.9 Å². The van der Waals surface area contributed by atoms with Crippen molar-refractivity contribution in [3.8, 4) is 22.4 Å². The van der Waals surface area contributed by atoms with Crippen LogP contribution in [0.4, 0.5) is 0 Å². The molecule has 3 fully saturated rings. The topological polar surface area (TPSA) is 109 Å². The summed E-state index contributed by atoms with van der Waals surface area (Å²) in [5.41, 5.74) is 5.89. The maximum atomic E-state index is 12.1. The Labute approximate surface area is 271 Å². The Kier molecular flexibility index (Phi) is 7.69. The number of carbonyl (C=O) groups is 1. The zero-order valence-corrected chi connectivity index (χ0v) is 27.3. The van der Waals surface area contributed by atoms with Crippen LogP contribution in [0.5, 0.6) is 0 Å². The molecule has 4 unspecified atom stereocenters. The highest BCUT2D eigenvalue weighted by Gasteiger charge is 2.52. The van der Waals surface area contributed by atoms with Crippen molar-refractivity contribution in [3.05, 3.63) is 90.1 Å². The molecule has 4 aromatic rings. The maximum absolute atomic E-state index is 12.1. The van der Waals surface area contributed by atoms with Crippen LogP contribution in [0.1, 0.15) is 77.0 Å². The highest BCUT2D eigenvalue weighted by atomic mass is 16.7. The third-order valence-electron chi connectivity index (χ3n) is 11.0. The molecular formula is C37H43BN4O4. The van der Waals surface area contributed by atoms with Gasteiger partial charge in [-0.05, 0) is 117 Å². The van der Waals surface area contributed by atoms with Crippen molar-refractivity contribution in [1.29, 1.82) is 0 Å². The van der Waals surface area contributed by atoms with Crippen LogP contribution in [0.15, 0.2) is 73.4 Å². The summed E-state index contributed by atoms with van der Waals surface area (Å²) in [4.78, 5) is 23.4. The van der Waals surface area contributed by atoms with Crippen molar-refractivity contribution in [1.82, 2.24) is 20.3 Å². The van der Waals surface area contributed by atoms with E-state index in [1.807, 2.05) is 65.0 Å². The molecule has 4 aliphatic rings. The summed E-state index contributed by atoms with van der Waals surface area (Å²) in [6.07, 6.45) is 12.0. The Bertz CT molecular complexity index is 1720. The lowest BCUT2D eigenvalue weighted by Gasteiger charge is -2.32. The van der Waals surface area contributed by atoms with E-state index in [0.29, 0.717) is 12.5 Å². The highest BCUT2D eigenvalue weighted by molar-refractivity contribution is 6.62. The van der Waals surface area contributed by atoms with Gasteiger partial charge in [0.1, 0.15) is 5.60 Å². The molecule has 9 heteroatoms. The van der Waals surface area contributed by atoms with Gasteiger partial charge in [-0.1, -0.05) is 42.8 Å². The number of nitrogens with one attached hydrogen (secondary N) is 2. The Morgan fingerprint density at radius 1 is 0.957 bits per heavy atom. The van der Waals surface area contributed by atoms with Crippen molar-refractivity contribution < 1.29 is 19.2 Å². The number of hydrogen-bond acceptors (Lipinski definition) is 6. The molecule has 2 aromatic carbocycles. The summed E-state index contributed by atoms with van der Waals surface area (Å²) in [5, 5.41) is 14.5. The third-order valence-corrected chi connectivity index (χ3v) is 11.0. The number of fused-ring (bicyclic) bond motifs is 5. The third kappa shape index (κ3) is 5.48. The number of imidazole rings is 1. The van der Waals surface area contributed by atoms with Gasteiger partial charge in [0.2, 0.25) is 5.91 Å². The van der Waals surface area contributed by atoms with Gasteiger partial charge >= 0.3 is 7.12 Å². The van der Waals surface area contributed by atoms with Gasteiger partial charge in [-0.15, -0.1) is 0 Å². The second kappa shape index (κ2) is 11.5. The zero-order valence-electron chi connectivity index (χ0n) is 27.3. The van der Waals surface area contributed by atoms with Gasteiger partial charge in [-0.2, -0.15) is 0 Å².